The maximum Gasteiger partial charge on any atom is 0.171 e. The molecular formula is C18H22N2O3. The van der Waals surface area contributed by atoms with Gasteiger partial charge in [-0.25, -0.2) is 4.98 Å². The fraction of sp³-hybridized carbons (Fsp3) is 0.389. The van der Waals surface area contributed by atoms with Crippen molar-refractivity contribution in [2.24, 2.45) is 0 Å². The third kappa shape index (κ3) is 2.90. The second-order valence-electron chi connectivity index (χ2n) is 5.98. The Morgan fingerprint density at radius 1 is 1.22 bits per heavy atom. The molecule has 0 aliphatic carbocycles. The van der Waals surface area contributed by atoms with Gasteiger partial charge in [-0.3, -0.25) is 0 Å². The van der Waals surface area contributed by atoms with E-state index in [-0.39, 0.29) is 0 Å². The second-order valence-corrected chi connectivity index (χ2v) is 5.98. The first-order chi connectivity index (χ1) is 11.0. The maximum absolute atomic E-state index is 10.9. The number of piperidine rings is 1. The molecule has 1 fully saturated rings. The van der Waals surface area contributed by atoms with E-state index < -0.39 is 11.7 Å². The van der Waals surface area contributed by atoms with Gasteiger partial charge in [-0.2, -0.15) is 0 Å². The van der Waals surface area contributed by atoms with Crippen molar-refractivity contribution in [2.45, 2.75) is 25.0 Å². The topological polar surface area (TPSA) is 65.8 Å². The van der Waals surface area contributed by atoms with Gasteiger partial charge in [0.2, 0.25) is 0 Å². The highest BCUT2D eigenvalue weighted by molar-refractivity contribution is 5.54. The van der Waals surface area contributed by atoms with Crippen LogP contribution in [-0.2, 0) is 5.60 Å². The van der Waals surface area contributed by atoms with Gasteiger partial charge in [0, 0.05) is 25.2 Å². The minimum atomic E-state index is -1.23. The van der Waals surface area contributed by atoms with Gasteiger partial charge in [0.05, 0.1) is 7.11 Å². The third-order valence-electron chi connectivity index (χ3n) is 4.48. The van der Waals surface area contributed by atoms with E-state index in [2.05, 4.69) is 4.98 Å². The lowest BCUT2D eigenvalue weighted by Gasteiger charge is -2.43. The summed E-state index contributed by atoms with van der Waals surface area (Å²) in [6.07, 6.45) is -0.470. The second kappa shape index (κ2) is 6.18. The lowest BCUT2D eigenvalue weighted by molar-refractivity contribution is -0.0918. The number of hydrogen-bond donors (Lipinski definition) is 2. The van der Waals surface area contributed by atoms with Crippen LogP contribution in [0.5, 0.6) is 5.75 Å². The highest BCUT2D eigenvalue weighted by Gasteiger charge is 2.42. The number of aryl methyl sites for hydroxylation is 1. The van der Waals surface area contributed by atoms with Crippen LogP contribution in [0.4, 0.5) is 5.82 Å². The molecule has 0 radical (unpaired) electrons. The summed E-state index contributed by atoms with van der Waals surface area (Å²) in [5, 5.41) is 21.5. The van der Waals surface area contributed by atoms with E-state index in [0.717, 1.165) is 11.3 Å². The number of anilines is 1. The van der Waals surface area contributed by atoms with E-state index in [1.54, 1.807) is 7.11 Å². The van der Waals surface area contributed by atoms with E-state index in [1.807, 2.05) is 54.3 Å². The number of pyridine rings is 1. The van der Waals surface area contributed by atoms with Crippen LogP contribution in [0, 0.1) is 6.92 Å². The molecule has 122 valence electrons. The summed E-state index contributed by atoms with van der Waals surface area (Å²) in [4.78, 5) is 6.50. The summed E-state index contributed by atoms with van der Waals surface area (Å²) in [6.45, 7) is 2.82. The van der Waals surface area contributed by atoms with Crippen molar-refractivity contribution >= 4 is 5.82 Å². The molecule has 2 heterocycles. The zero-order chi connectivity index (χ0) is 16.4. The van der Waals surface area contributed by atoms with Crippen molar-refractivity contribution in [2.75, 3.05) is 25.1 Å². The molecule has 2 N–H and O–H groups in total. The number of aliphatic hydroxyl groups excluding tert-OH is 1. The fourth-order valence-corrected chi connectivity index (χ4v) is 3.10. The summed E-state index contributed by atoms with van der Waals surface area (Å²) in [7, 11) is 1.61. The molecule has 2 atom stereocenters. The standard InChI is InChI=1S/C18H22N2O3/c1-13-8-9-15(23-2)17(19-13)20-11-10-18(22,16(21)12-20)14-6-4-3-5-7-14/h3-9,16,21-22H,10-12H2,1-2H3/t16-,18-/m0/s1. The molecular weight excluding hydrogens is 292 g/mol. The molecule has 23 heavy (non-hydrogen) atoms. The normalized spacial score (nSPS) is 24.5. The number of aromatic nitrogens is 1. The first-order valence-electron chi connectivity index (χ1n) is 7.77. The van der Waals surface area contributed by atoms with Gasteiger partial charge < -0.3 is 19.8 Å². The highest BCUT2D eigenvalue weighted by Crippen LogP contribution is 2.36. The summed E-state index contributed by atoms with van der Waals surface area (Å²) < 4.78 is 5.38. The number of β-amino-alcohol motifs (C(OH)–C–C–N with tert-alkyl or cyclic N) is 1. The number of rotatable bonds is 3. The summed E-state index contributed by atoms with van der Waals surface area (Å²) in [6, 6.07) is 13.1. The number of benzene rings is 1. The molecule has 5 heteroatoms. The van der Waals surface area contributed by atoms with Crippen molar-refractivity contribution in [1.29, 1.82) is 0 Å². The predicted molar refractivity (Wildman–Crippen MR) is 88.7 cm³/mol. The quantitative estimate of drug-likeness (QED) is 0.905. The third-order valence-corrected chi connectivity index (χ3v) is 4.48. The lowest BCUT2D eigenvalue weighted by Crippen LogP contribution is -2.54. The van der Waals surface area contributed by atoms with Gasteiger partial charge in [-0.05, 0) is 24.6 Å². The Morgan fingerprint density at radius 3 is 2.61 bits per heavy atom. The number of ether oxygens (including phenoxy) is 1. The summed E-state index contributed by atoms with van der Waals surface area (Å²) in [5.74, 6) is 1.38. The number of nitrogens with zero attached hydrogens (tertiary/aromatic N) is 2. The van der Waals surface area contributed by atoms with E-state index in [0.29, 0.717) is 31.1 Å². The van der Waals surface area contributed by atoms with Crippen LogP contribution < -0.4 is 9.64 Å². The van der Waals surface area contributed by atoms with Crippen molar-refractivity contribution < 1.29 is 14.9 Å². The Bertz CT molecular complexity index is 677. The van der Waals surface area contributed by atoms with Crippen LogP contribution in [0.15, 0.2) is 42.5 Å². The van der Waals surface area contributed by atoms with Crippen LogP contribution >= 0.6 is 0 Å². The molecule has 0 amide bonds. The van der Waals surface area contributed by atoms with Crippen molar-refractivity contribution in [3.63, 3.8) is 0 Å². The first-order valence-corrected chi connectivity index (χ1v) is 7.77. The Kier molecular flexibility index (Phi) is 4.24. The predicted octanol–water partition coefficient (Wildman–Crippen LogP) is 1.86. The molecule has 0 saturated carbocycles. The average Bonchev–Trinajstić information content (AvgIpc) is 2.58. The molecule has 1 aromatic heterocycles. The van der Waals surface area contributed by atoms with Crippen molar-refractivity contribution in [3.8, 4) is 5.75 Å². The Hall–Kier alpha value is -2.11. The van der Waals surface area contributed by atoms with Gasteiger partial charge in [-0.15, -0.1) is 0 Å². The van der Waals surface area contributed by atoms with Gasteiger partial charge in [0.25, 0.3) is 0 Å². The largest absolute Gasteiger partial charge is 0.493 e. The van der Waals surface area contributed by atoms with Gasteiger partial charge in [-0.1, -0.05) is 30.3 Å². The molecule has 3 rings (SSSR count). The zero-order valence-electron chi connectivity index (χ0n) is 13.4. The number of methoxy groups -OCH3 is 1. The number of hydrogen-bond acceptors (Lipinski definition) is 5. The van der Waals surface area contributed by atoms with Gasteiger partial charge in [0.15, 0.2) is 11.6 Å². The minimum absolute atomic E-state index is 0.304. The van der Waals surface area contributed by atoms with Crippen LogP contribution in [-0.4, -0.2) is 41.5 Å². The fourth-order valence-electron chi connectivity index (χ4n) is 3.10. The maximum atomic E-state index is 10.9. The Morgan fingerprint density at radius 2 is 1.96 bits per heavy atom. The molecule has 1 aromatic carbocycles. The lowest BCUT2D eigenvalue weighted by atomic mass is 9.82. The summed E-state index contributed by atoms with van der Waals surface area (Å²) >= 11 is 0. The van der Waals surface area contributed by atoms with Crippen molar-refractivity contribution in [1.82, 2.24) is 4.98 Å². The summed E-state index contributed by atoms with van der Waals surface area (Å²) in [5.41, 5.74) is 0.407. The van der Waals surface area contributed by atoms with Crippen LogP contribution in [0.2, 0.25) is 0 Å². The molecule has 1 aliphatic rings. The average molecular weight is 314 g/mol. The van der Waals surface area contributed by atoms with Crippen molar-refractivity contribution in [3.05, 3.63) is 53.7 Å². The first kappa shape index (κ1) is 15.8. The van der Waals surface area contributed by atoms with E-state index in [9.17, 15) is 10.2 Å². The number of aliphatic hydroxyl groups is 2. The van der Waals surface area contributed by atoms with Crippen LogP contribution in [0.3, 0.4) is 0 Å². The zero-order valence-corrected chi connectivity index (χ0v) is 13.4. The molecule has 5 nitrogen and oxygen atoms in total. The van der Waals surface area contributed by atoms with E-state index in [1.165, 1.54) is 0 Å². The Balaban J connectivity index is 1.86. The molecule has 1 aliphatic heterocycles. The Labute approximate surface area is 136 Å². The molecule has 2 aromatic rings. The molecule has 0 spiro atoms. The van der Waals surface area contributed by atoms with Gasteiger partial charge >= 0.3 is 0 Å². The highest BCUT2D eigenvalue weighted by atomic mass is 16.5. The smallest absolute Gasteiger partial charge is 0.171 e. The van der Waals surface area contributed by atoms with E-state index in [4.69, 9.17) is 4.74 Å². The SMILES string of the molecule is COc1ccc(C)nc1N1CC[C@](O)(c2ccccc2)[C@@H](O)C1. The monoisotopic (exact) mass is 314 g/mol. The van der Waals surface area contributed by atoms with Gasteiger partial charge in [0.1, 0.15) is 11.7 Å². The van der Waals surface area contributed by atoms with E-state index >= 15 is 0 Å². The van der Waals surface area contributed by atoms with Crippen LogP contribution in [0.1, 0.15) is 17.7 Å². The minimum Gasteiger partial charge on any atom is -0.493 e. The molecule has 1 saturated heterocycles. The van der Waals surface area contributed by atoms with Crippen LogP contribution in [0.25, 0.3) is 0 Å². The molecule has 0 unspecified atom stereocenters. The molecule has 0 bridgehead atoms.